The summed E-state index contributed by atoms with van der Waals surface area (Å²) in [7, 11) is 0. The van der Waals surface area contributed by atoms with Crippen molar-refractivity contribution in [3.05, 3.63) is 33.4 Å². The van der Waals surface area contributed by atoms with Crippen molar-refractivity contribution in [2.24, 2.45) is 0 Å². The average molecular weight is 313 g/mol. The predicted octanol–water partition coefficient (Wildman–Crippen LogP) is 2.83. The molecule has 0 atom stereocenters. The van der Waals surface area contributed by atoms with Crippen LogP contribution in [0.3, 0.4) is 0 Å². The molecule has 0 unspecified atom stereocenters. The summed E-state index contributed by atoms with van der Waals surface area (Å²) in [6.45, 7) is 2.08. The number of H-pyrrole nitrogens is 1. The first-order chi connectivity index (χ1) is 7.22. The molecule has 0 aliphatic carbocycles. The van der Waals surface area contributed by atoms with E-state index in [4.69, 9.17) is 5.73 Å². The van der Waals surface area contributed by atoms with Crippen LogP contribution in [0.25, 0.3) is 11.3 Å². The zero-order valence-electron chi connectivity index (χ0n) is 8.42. The van der Waals surface area contributed by atoms with Crippen molar-refractivity contribution >= 4 is 28.4 Å². The van der Waals surface area contributed by atoms with Crippen molar-refractivity contribution in [1.29, 1.82) is 0 Å². The number of aromatic nitrogens is 2. The van der Waals surface area contributed by atoms with Crippen LogP contribution in [0.1, 0.15) is 12.5 Å². The quantitative estimate of drug-likeness (QED) is 0.838. The smallest absolute Gasteiger partial charge is 0.149 e. The molecule has 78 valence electrons. The molecule has 4 heteroatoms. The van der Waals surface area contributed by atoms with Crippen LogP contribution in [0.5, 0.6) is 0 Å². The molecule has 0 fully saturated rings. The first-order valence-corrected chi connectivity index (χ1v) is 5.89. The standard InChI is InChI=1S/C11H12IN3/c1-2-9-10(14-15-11(9)13)7-4-3-5-8(12)6-7/h3-6H,2H2,1H3,(H3,13,14,15). The number of aromatic amines is 1. The van der Waals surface area contributed by atoms with Crippen LogP contribution >= 0.6 is 22.6 Å². The Kier molecular flexibility index (Phi) is 2.95. The maximum absolute atomic E-state index is 5.78. The van der Waals surface area contributed by atoms with Gasteiger partial charge in [0, 0.05) is 14.7 Å². The number of benzene rings is 1. The van der Waals surface area contributed by atoms with Crippen molar-refractivity contribution in [1.82, 2.24) is 10.2 Å². The number of nitrogens with two attached hydrogens (primary N) is 1. The van der Waals surface area contributed by atoms with Crippen LogP contribution in [-0.2, 0) is 6.42 Å². The van der Waals surface area contributed by atoms with E-state index in [-0.39, 0.29) is 0 Å². The lowest BCUT2D eigenvalue weighted by Crippen LogP contribution is -1.90. The molecule has 3 nitrogen and oxygen atoms in total. The Bertz CT molecular complexity index is 476. The summed E-state index contributed by atoms with van der Waals surface area (Å²) in [5.41, 5.74) is 9.05. The summed E-state index contributed by atoms with van der Waals surface area (Å²) in [4.78, 5) is 0. The van der Waals surface area contributed by atoms with E-state index in [0.717, 1.165) is 23.2 Å². The molecule has 1 heterocycles. The Morgan fingerprint density at radius 3 is 2.93 bits per heavy atom. The number of nitrogens with zero attached hydrogens (tertiary/aromatic N) is 1. The van der Waals surface area contributed by atoms with E-state index in [9.17, 15) is 0 Å². The molecule has 0 bridgehead atoms. The van der Waals surface area contributed by atoms with Gasteiger partial charge in [0.05, 0.1) is 5.69 Å². The maximum atomic E-state index is 5.78. The van der Waals surface area contributed by atoms with Crippen LogP contribution in [0.2, 0.25) is 0 Å². The van der Waals surface area contributed by atoms with Crippen LogP contribution in [0.4, 0.5) is 5.82 Å². The van der Waals surface area contributed by atoms with E-state index in [1.807, 2.05) is 6.07 Å². The molecular formula is C11H12IN3. The van der Waals surface area contributed by atoms with Gasteiger partial charge in [0.15, 0.2) is 0 Å². The highest BCUT2D eigenvalue weighted by Gasteiger charge is 2.10. The third kappa shape index (κ3) is 1.99. The average Bonchev–Trinajstić information content (AvgIpc) is 2.59. The number of nitrogen functional groups attached to an aromatic ring is 1. The third-order valence-electron chi connectivity index (χ3n) is 2.37. The van der Waals surface area contributed by atoms with Gasteiger partial charge in [-0.2, -0.15) is 5.10 Å². The molecule has 2 rings (SSSR count). The molecule has 0 aliphatic rings. The second-order valence-electron chi connectivity index (χ2n) is 3.33. The van der Waals surface area contributed by atoms with Gasteiger partial charge in [-0.25, -0.2) is 0 Å². The summed E-state index contributed by atoms with van der Waals surface area (Å²) < 4.78 is 1.21. The number of hydrogen-bond acceptors (Lipinski definition) is 2. The summed E-state index contributed by atoms with van der Waals surface area (Å²) in [5.74, 6) is 0.603. The Morgan fingerprint density at radius 1 is 1.47 bits per heavy atom. The van der Waals surface area contributed by atoms with Gasteiger partial charge in [0.1, 0.15) is 5.82 Å². The van der Waals surface area contributed by atoms with E-state index in [1.165, 1.54) is 3.57 Å². The highest BCUT2D eigenvalue weighted by atomic mass is 127. The van der Waals surface area contributed by atoms with Gasteiger partial charge in [0.2, 0.25) is 0 Å². The fraction of sp³-hybridized carbons (Fsp3) is 0.182. The van der Waals surface area contributed by atoms with Crippen molar-refractivity contribution < 1.29 is 0 Å². The minimum absolute atomic E-state index is 0.603. The molecule has 1 aromatic heterocycles. The molecule has 1 aromatic carbocycles. The number of hydrogen-bond donors (Lipinski definition) is 2. The highest BCUT2D eigenvalue weighted by Crippen LogP contribution is 2.26. The second kappa shape index (κ2) is 4.22. The molecule has 2 aromatic rings. The van der Waals surface area contributed by atoms with Crippen molar-refractivity contribution in [3.8, 4) is 11.3 Å². The second-order valence-corrected chi connectivity index (χ2v) is 4.57. The Morgan fingerprint density at radius 2 is 2.27 bits per heavy atom. The minimum Gasteiger partial charge on any atom is -0.382 e. The van der Waals surface area contributed by atoms with Crippen LogP contribution in [-0.4, -0.2) is 10.2 Å². The van der Waals surface area contributed by atoms with E-state index in [0.29, 0.717) is 5.82 Å². The normalized spacial score (nSPS) is 10.5. The van der Waals surface area contributed by atoms with Crippen molar-refractivity contribution in [2.45, 2.75) is 13.3 Å². The van der Waals surface area contributed by atoms with E-state index in [1.54, 1.807) is 0 Å². The number of rotatable bonds is 2. The minimum atomic E-state index is 0.603. The predicted molar refractivity (Wildman–Crippen MR) is 70.5 cm³/mol. The van der Waals surface area contributed by atoms with Gasteiger partial charge < -0.3 is 5.73 Å². The molecule has 3 N–H and O–H groups in total. The van der Waals surface area contributed by atoms with Crippen LogP contribution in [0, 0.1) is 3.57 Å². The molecule has 15 heavy (non-hydrogen) atoms. The van der Waals surface area contributed by atoms with Gasteiger partial charge in [-0.3, -0.25) is 5.10 Å². The number of anilines is 1. The molecule has 0 amide bonds. The maximum Gasteiger partial charge on any atom is 0.149 e. The largest absolute Gasteiger partial charge is 0.382 e. The monoisotopic (exact) mass is 313 g/mol. The third-order valence-corrected chi connectivity index (χ3v) is 3.04. The molecular weight excluding hydrogens is 301 g/mol. The first-order valence-electron chi connectivity index (χ1n) is 4.81. The zero-order valence-corrected chi connectivity index (χ0v) is 10.6. The first kappa shape index (κ1) is 10.5. The Hall–Kier alpha value is -1.04. The van der Waals surface area contributed by atoms with Crippen LogP contribution < -0.4 is 5.73 Å². The SMILES string of the molecule is CCc1c(N)n[nH]c1-c1cccc(I)c1. The van der Waals surface area contributed by atoms with E-state index < -0.39 is 0 Å². The highest BCUT2D eigenvalue weighted by molar-refractivity contribution is 14.1. The van der Waals surface area contributed by atoms with Gasteiger partial charge in [-0.05, 0) is 41.1 Å². The van der Waals surface area contributed by atoms with E-state index in [2.05, 4.69) is 57.9 Å². The number of nitrogens with one attached hydrogen (secondary N) is 1. The molecule has 0 aliphatic heterocycles. The summed E-state index contributed by atoms with van der Waals surface area (Å²) in [6.07, 6.45) is 0.892. The Labute approximate surface area is 102 Å². The molecule has 0 radical (unpaired) electrons. The van der Waals surface area contributed by atoms with Gasteiger partial charge in [0.25, 0.3) is 0 Å². The molecule has 0 spiro atoms. The number of halogens is 1. The topological polar surface area (TPSA) is 54.7 Å². The summed E-state index contributed by atoms with van der Waals surface area (Å²) in [6, 6.07) is 8.28. The van der Waals surface area contributed by atoms with Gasteiger partial charge in [-0.1, -0.05) is 19.1 Å². The lowest BCUT2D eigenvalue weighted by atomic mass is 10.1. The van der Waals surface area contributed by atoms with Crippen molar-refractivity contribution in [3.63, 3.8) is 0 Å². The van der Waals surface area contributed by atoms with Crippen molar-refractivity contribution in [2.75, 3.05) is 5.73 Å². The fourth-order valence-corrected chi connectivity index (χ4v) is 2.16. The van der Waals surface area contributed by atoms with E-state index >= 15 is 0 Å². The fourth-order valence-electron chi connectivity index (χ4n) is 1.62. The Balaban J connectivity index is 2.54. The lowest BCUT2D eigenvalue weighted by molar-refractivity contribution is 1.10. The molecule has 0 saturated heterocycles. The van der Waals surface area contributed by atoms with Gasteiger partial charge in [-0.15, -0.1) is 0 Å². The zero-order chi connectivity index (χ0) is 10.8. The van der Waals surface area contributed by atoms with Crippen LogP contribution in [0.15, 0.2) is 24.3 Å². The lowest BCUT2D eigenvalue weighted by Gasteiger charge is -2.02. The molecule has 0 saturated carbocycles. The summed E-state index contributed by atoms with van der Waals surface area (Å²) in [5, 5.41) is 7.03. The summed E-state index contributed by atoms with van der Waals surface area (Å²) >= 11 is 2.30. The van der Waals surface area contributed by atoms with Gasteiger partial charge >= 0.3 is 0 Å².